The number of benzene rings is 1. The van der Waals surface area contributed by atoms with Crippen molar-refractivity contribution in [2.75, 3.05) is 13.1 Å². The van der Waals surface area contributed by atoms with Crippen LogP contribution < -0.4 is 0 Å². The number of halogens is 2. The molecule has 0 aliphatic carbocycles. The van der Waals surface area contributed by atoms with E-state index >= 15 is 0 Å². The Morgan fingerprint density at radius 2 is 1.74 bits per heavy atom. The molecular weight excluding hydrogens is 354 g/mol. The fourth-order valence-corrected chi connectivity index (χ4v) is 3.14. The van der Waals surface area contributed by atoms with Gasteiger partial charge in [-0.1, -0.05) is 19.9 Å². The Balaban J connectivity index is 2.40. The predicted molar refractivity (Wildman–Crippen MR) is 98.1 cm³/mol. The molecule has 1 aliphatic rings. The summed E-state index contributed by atoms with van der Waals surface area (Å²) in [5.41, 5.74) is -0.266. The Morgan fingerprint density at radius 1 is 1.11 bits per heavy atom. The van der Waals surface area contributed by atoms with Gasteiger partial charge in [0.05, 0.1) is 6.04 Å². The van der Waals surface area contributed by atoms with Gasteiger partial charge in [0.15, 0.2) is 11.6 Å². The van der Waals surface area contributed by atoms with Gasteiger partial charge in [0.2, 0.25) is 5.91 Å². The number of hydrogen-bond acceptors (Lipinski definition) is 3. The average Bonchev–Trinajstić information content (AvgIpc) is 2.55. The molecule has 2 atom stereocenters. The van der Waals surface area contributed by atoms with E-state index in [0.717, 1.165) is 12.1 Å². The van der Waals surface area contributed by atoms with Crippen molar-refractivity contribution in [2.45, 2.75) is 59.2 Å². The Bertz CT molecular complexity index is 716. The summed E-state index contributed by atoms with van der Waals surface area (Å²) >= 11 is 0. The van der Waals surface area contributed by atoms with Crippen molar-refractivity contribution in [2.24, 2.45) is 5.92 Å². The molecule has 1 aromatic carbocycles. The number of rotatable bonds is 2. The van der Waals surface area contributed by atoms with Crippen LogP contribution in [0.5, 0.6) is 0 Å². The molecule has 0 spiro atoms. The average molecular weight is 382 g/mol. The van der Waals surface area contributed by atoms with Crippen molar-refractivity contribution in [1.29, 1.82) is 0 Å². The van der Waals surface area contributed by atoms with E-state index in [9.17, 15) is 18.4 Å². The van der Waals surface area contributed by atoms with Crippen molar-refractivity contribution in [3.8, 4) is 0 Å². The third-order valence-electron chi connectivity index (χ3n) is 4.47. The minimum absolute atomic E-state index is 0.0427. The predicted octanol–water partition coefficient (Wildman–Crippen LogP) is 4.13. The molecule has 0 radical (unpaired) electrons. The van der Waals surface area contributed by atoms with E-state index < -0.39 is 29.4 Å². The van der Waals surface area contributed by atoms with Crippen LogP contribution in [0.2, 0.25) is 0 Å². The maximum Gasteiger partial charge on any atom is 0.410 e. The third-order valence-corrected chi connectivity index (χ3v) is 4.47. The van der Waals surface area contributed by atoms with E-state index in [-0.39, 0.29) is 31.0 Å². The lowest BCUT2D eigenvalue weighted by Gasteiger charge is -2.46. The number of amides is 2. The maximum atomic E-state index is 13.8. The highest BCUT2D eigenvalue weighted by molar-refractivity contribution is 5.79. The van der Waals surface area contributed by atoms with Gasteiger partial charge < -0.3 is 9.64 Å². The fraction of sp³-hybridized carbons (Fsp3) is 0.600. The maximum absolute atomic E-state index is 13.8. The minimum atomic E-state index is -0.989. The summed E-state index contributed by atoms with van der Waals surface area (Å²) < 4.78 is 32.7. The van der Waals surface area contributed by atoms with Crippen LogP contribution >= 0.6 is 0 Å². The summed E-state index contributed by atoms with van der Waals surface area (Å²) in [5.74, 6) is -2.19. The van der Waals surface area contributed by atoms with Gasteiger partial charge in [-0.2, -0.15) is 0 Å². The van der Waals surface area contributed by atoms with Crippen molar-refractivity contribution in [3.05, 3.63) is 35.4 Å². The zero-order chi connectivity index (χ0) is 20.5. The van der Waals surface area contributed by atoms with Crippen LogP contribution in [0.15, 0.2) is 18.2 Å². The lowest BCUT2D eigenvalue weighted by atomic mass is 9.98. The van der Waals surface area contributed by atoms with E-state index in [1.807, 2.05) is 20.8 Å². The molecule has 0 saturated carbocycles. The van der Waals surface area contributed by atoms with Gasteiger partial charge in [-0.05, 0) is 45.4 Å². The van der Waals surface area contributed by atoms with Crippen LogP contribution in [0.25, 0.3) is 0 Å². The van der Waals surface area contributed by atoms with Crippen molar-refractivity contribution >= 4 is 12.0 Å². The Labute approximate surface area is 159 Å². The van der Waals surface area contributed by atoms with Crippen LogP contribution in [0, 0.1) is 17.6 Å². The second-order valence-electron chi connectivity index (χ2n) is 8.32. The Kier molecular flexibility index (Phi) is 6.12. The van der Waals surface area contributed by atoms with Crippen LogP contribution in [0.4, 0.5) is 13.6 Å². The summed E-state index contributed by atoms with van der Waals surface area (Å²) in [6.45, 7) is 11.2. The topological polar surface area (TPSA) is 49.9 Å². The Hall–Kier alpha value is -2.18. The lowest BCUT2D eigenvalue weighted by molar-refractivity contribution is -0.140. The molecule has 0 aromatic heterocycles. The molecule has 1 aliphatic heterocycles. The van der Waals surface area contributed by atoms with E-state index in [2.05, 4.69) is 0 Å². The summed E-state index contributed by atoms with van der Waals surface area (Å²) in [4.78, 5) is 28.5. The number of ether oxygens (including phenoxy) is 1. The van der Waals surface area contributed by atoms with E-state index in [1.165, 1.54) is 11.0 Å². The van der Waals surface area contributed by atoms with Crippen molar-refractivity contribution in [3.63, 3.8) is 0 Å². The highest BCUT2D eigenvalue weighted by Gasteiger charge is 2.39. The second-order valence-corrected chi connectivity index (χ2v) is 8.32. The first kappa shape index (κ1) is 21.1. The molecule has 5 nitrogen and oxygen atoms in total. The fourth-order valence-electron chi connectivity index (χ4n) is 3.14. The SMILES string of the molecule is CC(C)C(=O)N1CC(c2ccc(F)c(F)c2)N(C(=O)OC(C)(C)C)C[C@H]1C. The molecule has 2 rings (SSSR count). The van der Waals surface area contributed by atoms with Crippen LogP contribution in [0.3, 0.4) is 0 Å². The molecule has 1 saturated heterocycles. The monoisotopic (exact) mass is 382 g/mol. The van der Waals surface area contributed by atoms with E-state index in [0.29, 0.717) is 5.56 Å². The number of hydrogen-bond donors (Lipinski definition) is 0. The van der Waals surface area contributed by atoms with Gasteiger partial charge in [0.25, 0.3) is 0 Å². The van der Waals surface area contributed by atoms with Gasteiger partial charge in [0.1, 0.15) is 5.60 Å². The molecule has 2 amide bonds. The van der Waals surface area contributed by atoms with Gasteiger partial charge in [-0.15, -0.1) is 0 Å². The van der Waals surface area contributed by atoms with E-state index in [1.54, 1.807) is 25.7 Å². The minimum Gasteiger partial charge on any atom is -0.444 e. The van der Waals surface area contributed by atoms with Crippen LogP contribution in [-0.4, -0.2) is 46.5 Å². The zero-order valence-corrected chi connectivity index (χ0v) is 16.8. The second kappa shape index (κ2) is 7.82. The molecular formula is C20H28F2N2O3. The quantitative estimate of drug-likeness (QED) is 0.773. The lowest BCUT2D eigenvalue weighted by Crippen LogP contribution is -2.58. The first-order chi connectivity index (χ1) is 12.4. The summed E-state index contributed by atoms with van der Waals surface area (Å²) in [6.07, 6.45) is -0.541. The molecule has 1 fully saturated rings. The molecule has 0 N–H and O–H groups in total. The summed E-state index contributed by atoms with van der Waals surface area (Å²) in [7, 11) is 0. The third kappa shape index (κ3) is 4.96. The van der Waals surface area contributed by atoms with Gasteiger partial charge in [-0.25, -0.2) is 13.6 Å². The standard InChI is InChI=1S/C20H28F2N2O3/c1-12(2)18(25)23-11-17(14-7-8-15(21)16(22)9-14)24(10-13(23)3)19(26)27-20(4,5)6/h7-9,12-13,17H,10-11H2,1-6H3/t13-,17?/m1/s1. The molecule has 27 heavy (non-hydrogen) atoms. The number of piperazine rings is 1. The molecule has 150 valence electrons. The number of carbonyl (C=O) groups excluding carboxylic acids is 2. The highest BCUT2D eigenvalue weighted by Crippen LogP contribution is 2.31. The highest BCUT2D eigenvalue weighted by atomic mass is 19.2. The smallest absolute Gasteiger partial charge is 0.410 e. The summed E-state index contributed by atoms with van der Waals surface area (Å²) in [6, 6.07) is 2.72. The first-order valence-corrected chi connectivity index (χ1v) is 9.15. The molecule has 0 bridgehead atoms. The largest absolute Gasteiger partial charge is 0.444 e. The van der Waals surface area contributed by atoms with Crippen molar-refractivity contribution in [1.82, 2.24) is 9.80 Å². The molecule has 1 aromatic rings. The Morgan fingerprint density at radius 3 is 2.26 bits per heavy atom. The number of carbonyl (C=O) groups is 2. The van der Waals surface area contributed by atoms with E-state index in [4.69, 9.17) is 4.74 Å². The zero-order valence-electron chi connectivity index (χ0n) is 16.8. The number of nitrogens with zero attached hydrogens (tertiary/aromatic N) is 2. The summed E-state index contributed by atoms with van der Waals surface area (Å²) in [5, 5.41) is 0. The molecule has 1 unspecified atom stereocenters. The van der Waals surface area contributed by atoms with Crippen LogP contribution in [-0.2, 0) is 9.53 Å². The van der Waals surface area contributed by atoms with Gasteiger partial charge >= 0.3 is 6.09 Å². The molecule has 7 heteroatoms. The first-order valence-electron chi connectivity index (χ1n) is 9.15. The normalized spacial score (nSPS) is 20.8. The van der Waals surface area contributed by atoms with Crippen LogP contribution in [0.1, 0.15) is 53.1 Å². The molecule has 1 heterocycles. The van der Waals surface area contributed by atoms with Gasteiger partial charge in [0, 0.05) is 25.0 Å². The van der Waals surface area contributed by atoms with Crippen molar-refractivity contribution < 1.29 is 23.1 Å². The van der Waals surface area contributed by atoms with Gasteiger partial charge in [-0.3, -0.25) is 9.69 Å².